The number of ether oxygens (including phenoxy) is 1. The maximum absolute atomic E-state index is 6.34. The summed E-state index contributed by atoms with van der Waals surface area (Å²) in [7, 11) is 0. The zero-order chi connectivity index (χ0) is 14.5. The van der Waals surface area contributed by atoms with Gasteiger partial charge in [-0.25, -0.2) is 0 Å². The van der Waals surface area contributed by atoms with Crippen molar-refractivity contribution in [3.8, 4) is 16.9 Å². The first-order chi connectivity index (χ1) is 10.4. The summed E-state index contributed by atoms with van der Waals surface area (Å²) in [6.45, 7) is 0.710. The van der Waals surface area contributed by atoms with Gasteiger partial charge in [-0.05, 0) is 49.6 Å². The summed E-state index contributed by atoms with van der Waals surface area (Å²) >= 11 is 0. The van der Waals surface area contributed by atoms with Gasteiger partial charge in [0.25, 0.3) is 0 Å². The first kappa shape index (κ1) is 14.1. The van der Waals surface area contributed by atoms with Crippen molar-refractivity contribution < 1.29 is 4.74 Å². The molecule has 2 unspecified atom stereocenters. The minimum atomic E-state index is 0.242. The first-order valence-electron chi connectivity index (χ1n) is 7.74. The number of benzene rings is 1. The van der Waals surface area contributed by atoms with E-state index in [1.807, 2.05) is 36.7 Å². The van der Waals surface area contributed by atoms with Crippen LogP contribution in [0, 0.1) is 5.92 Å². The van der Waals surface area contributed by atoms with E-state index in [1.165, 1.54) is 19.3 Å². The molecule has 1 saturated carbocycles. The molecule has 110 valence electrons. The lowest BCUT2D eigenvalue weighted by Crippen LogP contribution is -2.35. The number of hydrogen-bond donors (Lipinski definition) is 1. The van der Waals surface area contributed by atoms with E-state index in [4.69, 9.17) is 10.5 Å². The van der Waals surface area contributed by atoms with Gasteiger partial charge in [0, 0.05) is 23.9 Å². The van der Waals surface area contributed by atoms with Crippen molar-refractivity contribution in [3.05, 3.63) is 48.8 Å². The second kappa shape index (κ2) is 6.72. The molecule has 1 aromatic carbocycles. The van der Waals surface area contributed by atoms with Crippen LogP contribution < -0.4 is 10.5 Å². The highest BCUT2D eigenvalue weighted by Gasteiger charge is 2.26. The molecule has 1 fully saturated rings. The Morgan fingerprint density at radius 3 is 2.62 bits per heavy atom. The van der Waals surface area contributed by atoms with Gasteiger partial charge in [0.05, 0.1) is 0 Å². The largest absolute Gasteiger partial charge is 0.489 e. The molecule has 0 bridgehead atoms. The predicted octanol–water partition coefficient (Wildman–Crippen LogP) is 3.64. The summed E-state index contributed by atoms with van der Waals surface area (Å²) in [6, 6.07) is 12.3. The molecule has 0 radical (unpaired) electrons. The van der Waals surface area contributed by atoms with E-state index in [-0.39, 0.29) is 6.10 Å². The van der Waals surface area contributed by atoms with Gasteiger partial charge in [-0.15, -0.1) is 0 Å². The first-order valence-corrected chi connectivity index (χ1v) is 7.74. The van der Waals surface area contributed by atoms with Crippen LogP contribution in [-0.4, -0.2) is 17.6 Å². The summed E-state index contributed by atoms with van der Waals surface area (Å²) in [6.07, 6.45) is 8.66. The summed E-state index contributed by atoms with van der Waals surface area (Å²) in [5.74, 6) is 1.43. The van der Waals surface area contributed by atoms with Crippen LogP contribution in [0.1, 0.15) is 25.7 Å². The SMILES string of the molecule is NCC1CCCCC1Oc1ccccc1-c1ccncc1. The second-order valence-electron chi connectivity index (χ2n) is 5.67. The molecule has 0 spiro atoms. The van der Waals surface area contributed by atoms with Crippen LogP contribution in [0.3, 0.4) is 0 Å². The molecule has 0 saturated heterocycles. The van der Waals surface area contributed by atoms with Crippen LogP contribution in [0.15, 0.2) is 48.8 Å². The Morgan fingerprint density at radius 1 is 1.05 bits per heavy atom. The summed E-state index contributed by atoms with van der Waals surface area (Å²) in [5.41, 5.74) is 8.17. The van der Waals surface area contributed by atoms with Crippen LogP contribution in [-0.2, 0) is 0 Å². The van der Waals surface area contributed by atoms with Crippen molar-refractivity contribution in [1.82, 2.24) is 4.98 Å². The van der Waals surface area contributed by atoms with Crippen molar-refractivity contribution >= 4 is 0 Å². The van der Waals surface area contributed by atoms with E-state index in [2.05, 4.69) is 17.1 Å². The smallest absolute Gasteiger partial charge is 0.127 e. The minimum absolute atomic E-state index is 0.242. The van der Waals surface area contributed by atoms with E-state index in [9.17, 15) is 0 Å². The average molecular weight is 282 g/mol. The van der Waals surface area contributed by atoms with Crippen LogP contribution >= 0.6 is 0 Å². The number of para-hydroxylation sites is 1. The molecular formula is C18H22N2O. The van der Waals surface area contributed by atoms with Crippen molar-refractivity contribution in [3.63, 3.8) is 0 Å². The van der Waals surface area contributed by atoms with E-state index < -0.39 is 0 Å². The van der Waals surface area contributed by atoms with Crippen molar-refractivity contribution in [2.24, 2.45) is 11.7 Å². The fourth-order valence-electron chi connectivity index (χ4n) is 3.10. The van der Waals surface area contributed by atoms with Gasteiger partial charge >= 0.3 is 0 Å². The third-order valence-corrected chi connectivity index (χ3v) is 4.30. The van der Waals surface area contributed by atoms with Gasteiger partial charge in [-0.2, -0.15) is 0 Å². The van der Waals surface area contributed by atoms with Crippen molar-refractivity contribution in [1.29, 1.82) is 0 Å². The van der Waals surface area contributed by atoms with E-state index in [1.54, 1.807) is 0 Å². The lowest BCUT2D eigenvalue weighted by Gasteiger charge is -2.31. The zero-order valence-electron chi connectivity index (χ0n) is 12.2. The Morgan fingerprint density at radius 2 is 1.81 bits per heavy atom. The summed E-state index contributed by atoms with van der Waals surface area (Å²) < 4.78 is 6.34. The Bertz CT molecular complexity index is 570. The van der Waals surface area contributed by atoms with Crippen LogP contribution in [0.4, 0.5) is 0 Å². The molecule has 21 heavy (non-hydrogen) atoms. The number of rotatable bonds is 4. The highest BCUT2D eigenvalue weighted by Crippen LogP contribution is 2.34. The standard InChI is InChI=1S/C18H22N2O/c19-13-15-5-1-3-7-17(15)21-18-8-4-2-6-16(18)14-9-11-20-12-10-14/h2,4,6,8-12,15,17H,1,3,5,7,13,19H2. The van der Waals surface area contributed by atoms with E-state index in [0.29, 0.717) is 12.5 Å². The molecule has 1 aliphatic carbocycles. The molecule has 1 heterocycles. The molecule has 2 aromatic rings. The normalized spacial score (nSPS) is 22.0. The number of hydrogen-bond acceptors (Lipinski definition) is 3. The topological polar surface area (TPSA) is 48.1 Å². The highest BCUT2D eigenvalue weighted by molar-refractivity contribution is 5.69. The maximum Gasteiger partial charge on any atom is 0.127 e. The molecule has 0 aliphatic heterocycles. The summed E-state index contributed by atoms with van der Waals surface area (Å²) in [4.78, 5) is 4.08. The Kier molecular flexibility index (Phi) is 4.51. The Hall–Kier alpha value is -1.87. The molecule has 1 aliphatic rings. The third kappa shape index (κ3) is 3.24. The van der Waals surface area contributed by atoms with Gasteiger partial charge in [0.1, 0.15) is 11.9 Å². The Balaban J connectivity index is 1.85. The number of nitrogens with zero attached hydrogens (tertiary/aromatic N) is 1. The predicted molar refractivity (Wildman–Crippen MR) is 85.1 cm³/mol. The molecule has 0 amide bonds. The highest BCUT2D eigenvalue weighted by atomic mass is 16.5. The van der Waals surface area contributed by atoms with Gasteiger partial charge in [0.2, 0.25) is 0 Å². The summed E-state index contributed by atoms with van der Waals surface area (Å²) in [5, 5.41) is 0. The quantitative estimate of drug-likeness (QED) is 0.931. The third-order valence-electron chi connectivity index (χ3n) is 4.30. The fourth-order valence-corrected chi connectivity index (χ4v) is 3.10. The van der Waals surface area contributed by atoms with Crippen molar-refractivity contribution in [2.45, 2.75) is 31.8 Å². The van der Waals surface area contributed by atoms with Gasteiger partial charge in [-0.3, -0.25) is 4.98 Å². The minimum Gasteiger partial charge on any atom is -0.489 e. The zero-order valence-corrected chi connectivity index (χ0v) is 12.2. The molecule has 1 aromatic heterocycles. The maximum atomic E-state index is 6.34. The van der Waals surface area contributed by atoms with E-state index in [0.717, 1.165) is 23.3 Å². The second-order valence-corrected chi connectivity index (χ2v) is 5.67. The molecular weight excluding hydrogens is 260 g/mol. The van der Waals surface area contributed by atoms with Gasteiger partial charge in [-0.1, -0.05) is 24.6 Å². The van der Waals surface area contributed by atoms with Crippen LogP contribution in [0.5, 0.6) is 5.75 Å². The Labute approximate surface area is 126 Å². The molecule has 2 atom stereocenters. The molecule has 2 N–H and O–H groups in total. The van der Waals surface area contributed by atoms with Gasteiger partial charge < -0.3 is 10.5 Å². The average Bonchev–Trinajstić information content (AvgIpc) is 2.57. The number of nitrogens with two attached hydrogens (primary N) is 1. The monoisotopic (exact) mass is 282 g/mol. The number of pyridine rings is 1. The number of aromatic nitrogens is 1. The lowest BCUT2D eigenvalue weighted by molar-refractivity contribution is 0.0976. The molecule has 3 rings (SSSR count). The van der Waals surface area contributed by atoms with Gasteiger partial charge in [0.15, 0.2) is 0 Å². The van der Waals surface area contributed by atoms with Crippen molar-refractivity contribution in [2.75, 3.05) is 6.54 Å². The lowest BCUT2D eigenvalue weighted by atomic mass is 9.86. The molecule has 3 heteroatoms. The fraction of sp³-hybridized carbons (Fsp3) is 0.389. The van der Waals surface area contributed by atoms with Crippen LogP contribution in [0.25, 0.3) is 11.1 Å². The van der Waals surface area contributed by atoms with Crippen LogP contribution in [0.2, 0.25) is 0 Å². The molecule has 3 nitrogen and oxygen atoms in total. The van der Waals surface area contributed by atoms with E-state index >= 15 is 0 Å².